The molecule has 0 N–H and O–H groups in total. The summed E-state index contributed by atoms with van der Waals surface area (Å²) >= 11 is 6.14. The van der Waals surface area contributed by atoms with Crippen LogP contribution in [0.3, 0.4) is 0 Å². The van der Waals surface area contributed by atoms with Gasteiger partial charge in [0.1, 0.15) is 17.1 Å². The molecule has 4 rings (SSSR count). The Morgan fingerprint density at radius 1 is 1.11 bits per heavy atom. The fourth-order valence-electron chi connectivity index (χ4n) is 5.13. The molecule has 1 aromatic carbocycles. The van der Waals surface area contributed by atoms with Crippen LogP contribution in [0.15, 0.2) is 28.8 Å². The largest absolute Gasteiger partial charge is 0.493 e. The van der Waals surface area contributed by atoms with Gasteiger partial charge in [0.15, 0.2) is 0 Å². The number of hydrogen-bond acceptors (Lipinski definition) is 5. The van der Waals surface area contributed by atoms with Crippen molar-refractivity contribution in [1.82, 2.24) is 15.0 Å². The molecule has 0 spiro atoms. The third-order valence-corrected chi connectivity index (χ3v) is 7.57. The van der Waals surface area contributed by atoms with Crippen molar-refractivity contribution < 1.29 is 18.8 Å². The minimum absolute atomic E-state index is 0.0424. The van der Waals surface area contributed by atoms with E-state index in [1.807, 2.05) is 41.8 Å². The van der Waals surface area contributed by atoms with Crippen LogP contribution in [0.25, 0.3) is 0 Å². The third-order valence-electron chi connectivity index (χ3n) is 7.34. The highest BCUT2D eigenvalue weighted by atomic mass is 35.5. The van der Waals surface area contributed by atoms with Gasteiger partial charge in [-0.1, -0.05) is 36.7 Å². The van der Waals surface area contributed by atoms with E-state index in [1.165, 1.54) is 6.42 Å². The first-order chi connectivity index (χ1) is 16.8. The normalized spacial score (nSPS) is 18.1. The van der Waals surface area contributed by atoms with E-state index in [-0.39, 0.29) is 23.1 Å². The van der Waals surface area contributed by atoms with E-state index in [4.69, 9.17) is 20.9 Å². The number of carbonyl (C=O) groups is 2. The molecule has 0 bridgehead atoms. The summed E-state index contributed by atoms with van der Waals surface area (Å²) in [5.41, 5.74) is 0.944. The Labute approximate surface area is 212 Å². The molecule has 190 valence electrons. The van der Waals surface area contributed by atoms with E-state index >= 15 is 0 Å². The van der Waals surface area contributed by atoms with Gasteiger partial charge in [-0.2, -0.15) is 0 Å². The first-order valence-electron chi connectivity index (χ1n) is 12.7. The lowest BCUT2D eigenvalue weighted by molar-refractivity contribution is -0.136. The molecule has 2 saturated heterocycles. The van der Waals surface area contributed by atoms with Crippen LogP contribution in [0, 0.1) is 12.3 Å². The number of amides is 2. The summed E-state index contributed by atoms with van der Waals surface area (Å²) < 4.78 is 11.5. The minimum atomic E-state index is -0.335. The maximum atomic E-state index is 13.4. The minimum Gasteiger partial charge on any atom is -0.493 e. The van der Waals surface area contributed by atoms with Crippen molar-refractivity contribution in [2.24, 2.45) is 5.41 Å². The Bertz CT molecular complexity index is 1040. The predicted molar refractivity (Wildman–Crippen MR) is 135 cm³/mol. The average molecular weight is 502 g/mol. The summed E-state index contributed by atoms with van der Waals surface area (Å²) in [6.07, 6.45) is 5.14. The van der Waals surface area contributed by atoms with Crippen molar-refractivity contribution in [2.45, 2.75) is 65.2 Å². The van der Waals surface area contributed by atoms with Gasteiger partial charge in [0.05, 0.1) is 12.3 Å². The number of hydrogen-bond donors (Lipinski definition) is 0. The molecule has 2 aliphatic rings. The number of rotatable bonds is 7. The first-order valence-corrected chi connectivity index (χ1v) is 13.1. The van der Waals surface area contributed by atoms with Gasteiger partial charge in [0.2, 0.25) is 5.91 Å². The molecular formula is C27H36ClN3O4. The molecular weight excluding hydrogens is 466 g/mol. The van der Waals surface area contributed by atoms with Crippen molar-refractivity contribution in [3.63, 3.8) is 0 Å². The average Bonchev–Trinajstić information content (AvgIpc) is 3.25. The van der Waals surface area contributed by atoms with Crippen molar-refractivity contribution in [3.8, 4) is 5.75 Å². The Balaban J connectivity index is 1.48. The number of benzene rings is 1. The highest BCUT2D eigenvalue weighted by Gasteiger charge is 2.41. The molecule has 8 heteroatoms. The highest BCUT2D eigenvalue weighted by molar-refractivity contribution is 6.30. The van der Waals surface area contributed by atoms with Gasteiger partial charge in [-0.25, -0.2) is 0 Å². The summed E-state index contributed by atoms with van der Waals surface area (Å²) in [6.45, 7) is 9.01. The quantitative estimate of drug-likeness (QED) is 0.503. The molecule has 0 unspecified atom stereocenters. The zero-order valence-electron chi connectivity index (χ0n) is 21.0. The SMILES string of the molecule is Cc1onc(C(C)C)c1C(=O)N1CCC(COc2cccc(Cl)c2)(CC(=O)N2CCCCC2)CC1. The summed E-state index contributed by atoms with van der Waals surface area (Å²) in [6, 6.07) is 7.35. The van der Waals surface area contributed by atoms with Crippen LogP contribution < -0.4 is 4.74 Å². The topological polar surface area (TPSA) is 75.9 Å². The van der Waals surface area contributed by atoms with E-state index in [0.29, 0.717) is 66.7 Å². The van der Waals surface area contributed by atoms with Gasteiger partial charge in [0, 0.05) is 43.0 Å². The lowest BCUT2D eigenvalue weighted by atomic mass is 9.75. The summed E-state index contributed by atoms with van der Waals surface area (Å²) in [5, 5.41) is 4.73. The van der Waals surface area contributed by atoms with Crippen molar-refractivity contribution >= 4 is 23.4 Å². The Morgan fingerprint density at radius 3 is 2.49 bits per heavy atom. The Morgan fingerprint density at radius 2 is 1.83 bits per heavy atom. The van der Waals surface area contributed by atoms with Crippen LogP contribution in [0.4, 0.5) is 0 Å². The molecule has 1 aromatic heterocycles. The van der Waals surface area contributed by atoms with Crippen LogP contribution in [-0.4, -0.2) is 59.6 Å². The van der Waals surface area contributed by atoms with E-state index in [0.717, 1.165) is 25.9 Å². The molecule has 2 aliphatic heterocycles. The number of aryl methyl sites for hydroxylation is 1. The highest BCUT2D eigenvalue weighted by Crippen LogP contribution is 2.38. The molecule has 0 atom stereocenters. The van der Waals surface area contributed by atoms with E-state index in [1.54, 1.807) is 13.0 Å². The molecule has 35 heavy (non-hydrogen) atoms. The number of carbonyl (C=O) groups excluding carboxylic acids is 2. The number of aromatic nitrogens is 1. The number of nitrogens with zero attached hydrogens (tertiary/aromatic N) is 3. The summed E-state index contributed by atoms with van der Waals surface area (Å²) in [4.78, 5) is 30.5. The molecule has 2 aromatic rings. The first kappa shape index (κ1) is 25.5. The monoisotopic (exact) mass is 501 g/mol. The van der Waals surface area contributed by atoms with Crippen LogP contribution in [0.2, 0.25) is 5.02 Å². The number of halogens is 1. The fraction of sp³-hybridized carbons (Fsp3) is 0.593. The van der Waals surface area contributed by atoms with Gasteiger partial charge in [-0.15, -0.1) is 0 Å². The van der Waals surface area contributed by atoms with Crippen molar-refractivity contribution in [1.29, 1.82) is 0 Å². The predicted octanol–water partition coefficient (Wildman–Crippen LogP) is 5.46. The maximum absolute atomic E-state index is 13.4. The van der Waals surface area contributed by atoms with Crippen LogP contribution >= 0.6 is 11.6 Å². The molecule has 0 radical (unpaired) electrons. The van der Waals surface area contributed by atoms with Gasteiger partial charge in [-0.3, -0.25) is 9.59 Å². The number of ether oxygens (including phenoxy) is 1. The van der Waals surface area contributed by atoms with Crippen LogP contribution in [-0.2, 0) is 4.79 Å². The molecule has 2 fully saturated rings. The second-order valence-electron chi connectivity index (χ2n) is 10.3. The second-order valence-corrected chi connectivity index (χ2v) is 10.7. The van der Waals surface area contributed by atoms with Gasteiger partial charge in [0.25, 0.3) is 5.91 Å². The van der Waals surface area contributed by atoms with Crippen molar-refractivity contribution in [3.05, 3.63) is 46.3 Å². The van der Waals surface area contributed by atoms with Crippen LogP contribution in [0.1, 0.15) is 80.1 Å². The third kappa shape index (κ3) is 6.00. The number of piperidine rings is 2. The maximum Gasteiger partial charge on any atom is 0.259 e. The fourth-order valence-corrected chi connectivity index (χ4v) is 5.31. The lowest BCUT2D eigenvalue weighted by Crippen LogP contribution is -2.48. The van der Waals surface area contributed by atoms with Gasteiger partial charge < -0.3 is 19.1 Å². The Hall–Kier alpha value is -2.54. The molecule has 0 saturated carbocycles. The van der Waals surface area contributed by atoms with Gasteiger partial charge in [-0.05, 0) is 63.1 Å². The van der Waals surface area contributed by atoms with Crippen LogP contribution in [0.5, 0.6) is 5.75 Å². The zero-order valence-corrected chi connectivity index (χ0v) is 21.8. The second kappa shape index (κ2) is 11.0. The molecule has 0 aliphatic carbocycles. The molecule has 3 heterocycles. The Kier molecular flexibility index (Phi) is 8.05. The van der Waals surface area contributed by atoms with E-state index < -0.39 is 0 Å². The summed E-state index contributed by atoms with van der Waals surface area (Å²) in [5.74, 6) is 1.50. The molecule has 7 nitrogen and oxygen atoms in total. The van der Waals surface area contributed by atoms with E-state index in [9.17, 15) is 9.59 Å². The standard InChI is InChI=1S/C27H36ClN3O4/c1-19(2)25-24(20(3)35-29-25)26(33)31-14-10-27(11-15-31,17-23(32)30-12-5-4-6-13-30)18-34-22-9-7-8-21(28)16-22/h7-9,16,19H,4-6,10-15,17-18H2,1-3H3. The van der Waals surface area contributed by atoms with Crippen molar-refractivity contribution in [2.75, 3.05) is 32.8 Å². The lowest BCUT2D eigenvalue weighted by Gasteiger charge is -2.42. The van der Waals surface area contributed by atoms with E-state index in [2.05, 4.69) is 5.16 Å². The number of likely N-dealkylation sites (tertiary alicyclic amines) is 2. The zero-order chi connectivity index (χ0) is 25.0. The summed E-state index contributed by atoms with van der Waals surface area (Å²) in [7, 11) is 0. The molecule has 2 amide bonds. The smallest absolute Gasteiger partial charge is 0.259 e. The van der Waals surface area contributed by atoms with Gasteiger partial charge >= 0.3 is 0 Å².